The number of aromatic nitrogens is 1. The number of pyridine rings is 1. The molecule has 0 aliphatic heterocycles. The highest BCUT2D eigenvalue weighted by atomic mass is 16.5. The van der Waals surface area contributed by atoms with Crippen molar-refractivity contribution in [2.75, 3.05) is 18.5 Å². The summed E-state index contributed by atoms with van der Waals surface area (Å²) in [7, 11) is 0. The van der Waals surface area contributed by atoms with Gasteiger partial charge in [0.05, 0.1) is 11.9 Å². The van der Waals surface area contributed by atoms with Gasteiger partial charge < -0.3 is 15.2 Å². The Kier molecular flexibility index (Phi) is 4.55. The molecule has 0 atom stereocenters. The van der Waals surface area contributed by atoms with E-state index in [9.17, 15) is 4.79 Å². The molecule has 5 nitrogen and oxygen atoms in total. The van der Waals surface area contributed by atoms with Gasteiger partial charge in [0.2, 0.25) is 0 Å². The second-order valence-corrected chi connectivity index (χ2v) is 4.33. The number of aryl methyl sites for hydroxylation is 1. The zero-order chi connectivity index (χ0) is 14.4. The van der Waals surface area contributed by atoms with Crippen LogP contribution in [-0.4, -0.2) is 29.2 Å². The molecule has 0 unspecified atom stereocenters. The van der Waals surface area contributed by atoms with E-state index in [0.29, 0.717) is 13.2 Å². The molecule has 0 radical (unpaired) electrons. The van der Waals surface area contributed by atoms with Gasteiger partial charge >= 0.3 is 5.97 Å². The molecule has 2 aromatic rings. The molecular weight excluding hydrogens is 256 g/mol. The van der Waals surface area contributed by atoms with Crippen LogP contribution in [0.25, 0.3) is 0 Å². The summed E-state index contributed by atoms with van der Waals surface area (Å²) in [5.74, 6) is -0.189. The Labute approximate surface area is 117 Å². The summed E-state index contributed by atoms with van der Waals surface area (Å²) < 4.78 is 5.59. The summed E-state index contributed by atoms with van der Waals surface area (Å²) in [5.41, 5.74) is 1.96. The van der Waals surface area contributed by atoms with Crippen LogP contribution in [0, 0.1) is 6.92 Å². The summed E-state index contributed by atoms with van der Waals surface area (Å²) in [6.07, 6.45) is 1.50. The number of benzene rings is 1. The minimum atomic E-state index is -1.03. The maximum atomic E-state index is 10.7. The van der Waals surface area contributed by atoms with Crippen LogP contribution in [0.3, 0.4) is 0 Å². The number of rotatable bonds is 6. The largest absolute Gasteiger partial charge is 0.492 e. The Bertz CT molecular complexity index is 582. The summed E-state index contributed by atoms with van der Waals surface area (Å²) >= 11 is 0. The summed E-state index contributed by atoms with van der Waals surface area (Å²) in [6.45, 7) is 3.15. The first-order chi connectivity index (χ1) is 9.65. The molecule has 1 heterocycles. The molecule has 0 bridgehead atoms. The number of aromatic carboxylic acids is 1. The molecule has 0 spiro atoms. The maximum Gasteiger partial charge on any atom is 0.354 e. The molecule has 0 fully saturated rings. The van der Waals surface area contributed by atoms with Crippen LogP contribution in [0.1, 0.15) is 16.1 Å². The highest BCUT2D eigenvalue weighted by Crippen LogP contribution is 2.12. The second kappa shape index (κ2) is 6.56. The van der Waals surface area contributed by atoms with E-state index in [2.05, 4.69) is 10.3 Å². The van der Waals surface area contributed by atoms with E-state index >= 15 is 0 Å². The van der Waals surface area contributed by atoms with E-state index in [1.165, 1.54) is 12.3 Å². The molecule has 1 aromatic carbocycles. The minimum Gasteiger partial charge on any atom is -0.492 e. The molecule has 0 aliphatic rings. The van der Waals surface area contributed by atoms with Gasteiger partial charge in [-0.15, -0.1) is 0 Å². The van der Waals surface area contributed by atoms with Gasteiger partial charge in [-0.25, -0.2) is 9.78 Å². The number of carboxylic acids is 1. The van der Waals surface area contributed by atoms with Crippen molar-refractivity contribution in [3.8, 4) is 5.75 Å². The summed E-state index contributed by atoms with van der Waals surface area (Å²) in [4.78, 5) is 14.5. The topological polar surface area (TPSA) is 71.5 Å². The smallest absolute Gasteiger partial charge is 0.354 e. The number of carbonyl (C=O) groups is 1. The number of hydrogen-bond acceptors (Lipinski definition) is 4. The number of nitrogens with zero attached hydrogens (tertiary/aromatic N) is 1. The van der Waals surface area contributed by atoms with Gasteiger partial charge in [-0.1, -0.05) is 12.1 Å². The third kappa shape index (κ3) is 3.98. The number of anilines is 1. The minimum absolute atomic E-state index is 0.0339. The van der Waals surface area contributed by atoms with Crippen molar-refractivity contribution in [1.29, 1.82) is 0 Å². The van der Waals surface area contributed by atoms with Crippen molar-refractivity contribution in [2.45, 2.75) is 6.92 Å². The monoisotopic (exact) mass is 272 g/mol. The van der Waals surface area contributed by atoms with Crippen LogP contribution in [0.15, 0.2) is 42.6 Å². The van der Waals surface area contributed by atoms with Gasteiger partial charge in [0.1, 0.15) is 18.1 Å². The quantitative estimate of drug-likeness (QED) is 0.791. The van der Waals surface area contributed by atoms with E-state index in [0.717, 1.165) is 17.0 Å². The normalized spacial score (nSPS) is 10.1. The number of hydrogen-bond donors (Lipinski definition) is 2. The Morgan fingerprint density at radius 3 is 2.85 bits per heavy atom. The lowest BCUT2D eigenvalue weighted by atomic mass is 10.2. The van der Waals surface area contributed by atoms with Gasteiger partial charge in [0.25, 0.3) is 0 Å². The van der Waals surface area contributed by atoms with E-state index in [1.54, 1.807) is 6.07 Å². The van der Waals surface area contributed by atoms with Crippen molar-refractivity contribution in [1.82, 2.24) is 4.98 Å². The predicted molar refractivity (Wildman–Crippen MR) is 76.4 cm³/mol. The standard InChI is InChI=1S/C15H16N2O3/c1-11-3-2-4-13(9-11)20-8-7-16-12-5-6-14(15(18)19)17-10-12/h2-6,9-10,16H,7-8H2,1H3,(H,18,19). The fraction of sp³-hybridized carbons (Fsp3) is 0.200. The van der Waals surface area contributed by atoms with Crippen LogP contribution in [0.4, 0.5) is 5.69 Å². The van der Waals surface area contributed by atoms with Crippen molar-refractivity contribution in [3.05, 3.63) is 53.9 Å². The van der Waals surface area contributed by atoms with Crippen molar-refractivity contribution in [3.63, 3.8) is 0 Å². The lowest BCUT2D eigenvalue weighted by Gasteiger charge is -2.09. The third-order valence-electron chi connectivity index (χ3n) is 2.67. The maximum absolute atomic E-state index is 10.7. The average molecular weight is 272 g/mol. The van der Waals surface area contributed by atoms with Crippen molar-refractivity contribution in [2.24, 2.45) is 0 Å². The Morgan fingerprint density at radius 1 is 1.35 bits per heavy atom. The molecule has 2 rings (SSSR count). The first-order valence-electron chi connectivity index (χ1n) is 6.28. The molecule has 0 aliphatic carbocycles. The molecule has 104 valence electrons. The van der Waals surface area contributed by atoms with Crippen molar-refractivity contribution < 1.29 is 14.6 Å². The zero-order valence-electron chi connectivity index (χ0n) is 11.2. The highest BCUT2D eigenvalue weighted by Gasteiger charge is 2.03. The zero-order valence-corrected chi connectivity index (χ0v) is 11.2. The van der Waals surface area contributed by atoms with Crippen molar-refractivity contribution >= 4 is 11.7 Å². The van der Waals surface area contributed by atoms with Crippen LogP contribution in [-0.2, 0) is 0 Å². The van der Waals surface area contributed by atoms with E-state index < -0.39 is 5.97 Å². The van der Waals surface area contributed by atoms with E-state index in [1.807, 2.05) is 31.2 Å². The summed E-state index contributed by atoms with van der Waals surface area (Å²) in [6, 6.07) is 11.0. The van der Waals surface area contributed by atoms with E-state index in [4.69, 9.17) is 9.84 Å². The Hall–Kier alpha value is -2.56. The van der Waals surface area contributed by atoms with Gasteiger partial charge in [-0.05, 0) is 36.8 Å². The molecule has 0 amide bonds. The summed E-state index contributed by atoms with van der Waals surface area (Å²) in [5, 5.41) is 11.9. The fourth-order valence-electron chi connectivity index (χ4n) is 1.69. The molecule has 20 heavy (non-hydrogen) atoms. The Balaban J connectivity index is 1.77. The lowest BCUT2D eigenvalue weighted by Crippen LogP contribution is -2.12. The van der Waals surface area contributed by atoms with Crippen LogP contribution < -0.4 is 10.1 Å². The average Bonchev–Trinajstić information content (AvgIpc) is 2.44. The SMILES string of the molecule is Cc1cccc(OCCNc2ccc(C(=O)O)nc2)c1. The molecule has 0 saturated heterocycles. The second-order valence-electron chi connectivity index (χ2n) is 4.33. The highest BCUT2D eigenvalue weighted by molar-refractivity contribution is 5.85. The lowest BCUT2D eigenvalue weighted by molar-refractivity contribution is 0.0690. The third-order valence-corrected chi connectivity index (χ3v) is 2.67. The molecule has 1 aromatic heterocycles. The Morgan fingerprint density at radius 2 is 2.20 bits per heavy atom. The van der Waals surface area contributed by atoms with Gasteiger partial charge in [-0.3, -0.25) is 0 Å². The molecular formula is C15H16N2O3. The van der Waals surface area contributed by atoms with Crippen LogP contribution >= 0.6 is 0 Å². The van der Waals surface area contributed by atoms with Gasteiger partial charge in [0.15, 0.2) is 0 Å². The first-order valence-corrected chi connectivity index (χ1v) is 6.28. The van der Waals surface area contributed by atoms with Crippen LogP contribution in [0.2, 0.25) is 0 Å². The molecule has 0 saturated carbocycles. The molecule has 5 heteroatoms. The van der Waals surface area contributed by atoms with E-state index in [-0.39, 0.29) is 5.69 Å². The fourth-order valence-corrected chi connectivity index (χ4v) is 1.69. The van der Waals surface area contributed by atoms with Gasteiger partial charge in [0, 0.05) is 6.54 Å². The predicted octanol–water partition coefficient (Wildman–Crippen LogP) is 2.58. The number of carboxylic acid groups (broad SMARTS) is 1. The first kappa shape index (κ1) is 13.9. The van der Waals surface area contributed by atoms with Crippen LogP contribution in [0.5, 0.6) is 5.75 Å². The van der Waals surface area contributed by atoms with Gasteiger partial charge in [-0.2, -0.15) is 0 Å². The molecule has 2 N–H and O–H groups in total. The number of nitrogens with one attached hydrogen (secondary N) is 1. The number of ether oxygens (including phenoxy) is 1.